The van der Waals surface area contributed by atoms with Crippen LogP contribution in [0.4, 0.5) is 39.8 Å². The van der Waals surface area contributed by atoms with Gasteiger partial charge in [0.15, 0.2) is 5.69 Å². The van der Waals surface area contributed by atoms with Crippen LogP contribution in [-0.4, -0.2) is 6.71 Å². The van der Waals surface area contributed by atoms with E-state index in [0.717, 1.165) is 50.5 Å². The zero-order valence-corrected chi connectivity index (χ0v) is 19.8. The van der Waals surface area contributed by atoms with E-state index in [9.17, 15) is 5.26 Å². The zero-order chi connectivity index (χ0) is 25.8. The lowest BCUT2D eigenvalue weighted by Crippen LogP contribution is -2.61. The minimum Gasteiger partial charge on any atom is -0.313 e. The van der Waals surface area contributed by atoms with E-state index >= 15 is 0 Å². The molecule has 0 radical (unpaired) electrons. The van der Waals surface area contributed by atoms with Crippen LogP contribution in [0.2, 0.25) is 0 Å². The highest BCUT2D eigenvalue weighted by Gasteiger charge is 2.42. The Labute approximate surface area is 217 Å². The van der Waals surface area contributed by atoms with Crippen molar-refractivity contribution in [1.29, 1.82) is 5.26 Å². The molecular weight excluding hydrogens is 451 g/mol. The van der Waals surface area contributed by atoms with Crippen LogP contribution in [0.1, 0.15) is 6.93 Å². The predicted octanol–water partition coefficient (Wildman–Crippen LogP) is 6.19. The van der Waals surface area contributed by atoms with Crippen molar-refractivity contribution in [3.05, 3.63) is 132 Å². The molecule has 0 spiro atoms. The molecule has 0 atom stereocenters. The molecule has 37 heavy (non-hydrogen) atoms. The summed E-state index contributed by atoms with van der Waals surface area (Å²) in [6, 6.07) is 38.5. The van der Waals surface area contributed by atoms with Crippen molar-refractivity contribution >= 4 is 62.9 Å². The maximum absolute atomic E-state index is 9.75. The molecule has 2 aliphatic heterocycles. The second-order valence-electron chi connectivity index (χ2n) is 9.15. The smallest absolute Gasteiger partial charge is 0.252 e. The molecule has 0 saturated heterocycles. The van der Waals surface area contributed by atoms with Crippen LogP contribution < -0.4 is 26.2 Å². The average Bonchev–Trinajstić information content (AvgIpc) is 2.97. The second-order valence-corrected chi connectivity index (χ2v) is 9.15. The fourth-order valence-corrected chi connectivity index (χ4v) is 5.71. The van der Waals surface area contributed by atoms with E-state index in [-0.39, 0.29) is 6.71 Å². The van der Waals surface area contributed by atoms with Crippen molar-refractivity contribution in [2.45, 2.75) is 0 Å². The maximum Gasteiger partial charge on any atom is 0.252 e. The molecule has 2 aliphatic rings. The summed E-state index contributed by atoms with van der Waals surface area (Å²) in [7, 11) is 0. The molecule has 5 heteroatoms. The third kappa shape index (κ3) is 3.08. The van der Waals surface area contributed by atoms with Gasteiger partial charge in [-0.25, -0.2) is 4.85 Å². The number of hydrogen-bond donors (Lipinski definition) is 0. The standard InChI is InChI=1S/C32H19BN4/c1-35-23-9-7-12-25(20-23)37-28-14-6-5-13-26(28)33-27-18-17-22(21-34)19-31(27)36(24-10-3-2-4-11-24)29-15-8-16-30(37)32(29)33/h2-20H/i8D. The van der Waals surface area contributed by atoms with E-state index in [0.29, 0.717) is 17.3 Å². The van der Waals surface area contributed by atoms with Gasteiger partial charge in [-0.1, -0.05) is 60.6 Å². The normalized spacial score (nSPS) is 13.0. The van der Waals surface area contributed by atoms with Crippen molar-refractivity contribution in [3.8, 4) is 6.07 Å². The quantitative estimate of drug-likeness (QED) is 0.223. The van der Waals surface area contributed by atoms with Gasteiger partial charge in [0.2, 0.25) is 0 Å². The van der Waals surface area contributed by atoms with Crippen LogP contribution in [-0.2, 0) is 0 Å². The lowest BCUT2D eigenvalue weighted by Gasteiger charge is -2.44. The molecule has 0 bridgehead atoms. The number of fused-ring (bicyclic) bond motifs is 4. The lowest BCUT2D eigenvalue weighted by atomic mass is 9.33. The summed E-state index contributed by atoms with van der Waals surface area (Å²) in [6.07, 6.45) is 0. The van der Waals surface area contributed by atoms with E-state index < -0.39 is 0 Å². The first-order chi connectivity index (χ1) is 18.7. The number of para-hydroxylation sites is 2. The fraction of sp³-hybridized carbons (Fsp3) is 0. The fourth-order valence-electron chi connectivity index (χ4n) is 5.71. The molecule has 5 aromatic rings. The molecule has 0 unspecified atom stereocenters. The minimum atomic E-state index is -0.0696. The van der Waals surface area contributed by atoms with E-state index in [2.05, 4.69) is 57.1 Å². The highest BCUT2D eigenvalue weighted by atomic mass is 15.2. The van der Waals surface area contributed by atoms with Crippen LogP contribution in [0.25, 0.3) is 4.85 Å². The lowest BCUT2D eigenvalue weighted by molar-refractivity contribution is 1.25. The molecule has 4 nitrogen and oxygen atoms in total. The van der Waals surface area contributed by atoms with Crippen molar-refractivity contribution in [3.63, 3.8) is 0 Å². The Morgan fingerprint density at radius 1 is 0.703 bits per heavy atom. The van der Waals surface area contributed by atoms with Crippen LogP contribution in [0.15, 0.2) is 115 Å². The molecule has 2 heterocycles. The van der Waals surface area contributed by atoms with Crippen molar-refractivity contribution in [2.24, 2.45) is 0 Å². The molecule has 0 amide bonds. The van der Waals surface area contributed by atoms with Gasteiger partial charge in [-0.2, -0.15) is 5.26 Å². The third-order valence-corrected chi connectivity index (χ3v) is 7.19. The van der Waals surface area contributed by atoms with Crippen LogP contribution in [0.5, 0.6) is 0 Å². The first kappa shape index (κ1) is 20.0. The number of hydrogen-bond acceptors (Lipinski definition) is 3. The molecule has 0 fully saturated rings. The summed E-state index contributed by atoms with van der Waals surface area (Å²) in [5.41, 5.74) is 10.2. The van der Waals surface area contributed by atoms with Gasteiger partial charge in [0.25, 0.3) is 6.71 Å². The molecule has 7 rings (SSSR count). The van der Waals surface area contributed by atoms with Gasteiger partial charge >= 0.3 is 0 Å². The highest BCUT2D eigenvalue weighted by molar-refractivity contribution is 7.00. The van der Waals surface area contributed by atoms with Gasteiger partial charge in [0.1, 0.15) is 0 Å². The maximum atomic E-state index is 9.75. The minimum absolute atomic E-state index is 0.0696. The Bertz CT molecular complexity index is 1810. The summed E-state index contributed by atoms with van der Waals surface area (Å²) in [5, 5.41) is 9.75. The van der Waals surface area contributed by atoms with Gasteiger partial charge < -0.3 is 9.80 Å². The van der Waals surface area contributed by atoms with Crippen LogP contribution in [0.3, 0.4) is 0 Å². The number of nitriles is 1. The average molecular weight is 471 g/mol. The van der Waals surface area contributed by atoms with Crippen molar-refractivity contribution < 1.29 is 1.37 Å². The molecule has 0 N–H and O–H groups in total. The largest absolute Gasteiger partial charge is 0.313 e. The monoisotopic (exact) mass is 471 g/mol. The number of benzene rings is 5. The van der Waals surface area contributed by atoms with Gasteiger partial charge in [0.05, 0.1) is 19.6 Å². The van der Waals surface area contributed by atoms with E-state index in [4.69, 9.17) is 7.94 Å². The number of anilines is 6. The Balaban J connectivity index is 1.60. The van der Waals surface area contributed by atoms with Crippen molar-refractivity contribution in [2.75, 3.05) is 9.80 Å². The molecular formula is C32H19BN4. The summed E-state index contributed by atoms with van der Waals surface area (Å²) in [6.45, 7) is 7.50. The molecule has 0 saturated carbocycles. The SMILES string of the molecule is [2H]c1cc2c3c(c1)N(c1ccccc1)c1cc(C#N)ccc1B3c1ccccc1N2c1cccc([N+]#[C-])c1. The Morgan fingerprint density at radius 3 is 2.19 bits per heavy atom. The number of rotatable bonds is 2. The second kappa shape index (κ2) is 8.16. The summed E-state index contributed by atoms with van der Waals surface area (Å²) in [4.78, 5) is 8.01. The number of nitrogens with zero attached hydrogens (tertiary/aromatic N) is 4. The van der Waals surface area contributed by atoms with E-state index in [1.807, 2.05) is 72.8 Å². The molecule has 5 aromatic carbocycles. The Hall–Kier alpha value is -5.26. The van der Waals surface area contributed by atoms with Gasteiger partial charge in [-0.15, -0.1) is 0 Å². The predicted molar refractivity (Wildman–Crippen MR) is 151 cm³/mol. The van der Waals surface area contributed by atoms with Gasteiger partial charge in [-0.3, -0.25) is 0 Å². The summed E-state index contributed by atoms with van der Waals surface area (Å²) < 4.78 is 8.84. The van der Waals surface area contributed by atoms with Gasteiger partial charge in [0, 0.05) is 34.1 Å². The van der Waals surface area contributed by atoms with E-state index in [1.54, 1.807) is 0 Å². The molecule has 0 aromatic heterocycles. The Kier molecular flexibility index (Phi) is 4.41. The van der Waals surface area contributed by atoms with Crippen LogP contribution in [0, 0.1) is 17.9 Å². The first-order valence-electron chi connectivity index (χ1n) is 12.6. The third-order valence-electron chi connectivity index (χ3n) is 7.19. The van der Waals surface area contributed by atoms with Gasteiger partial charge in [-0.05, 0) is 71.0 Å². The molecule has 0 aliphatic carbocycles. The van der Waals surface area contributed by atoms with Crippen molar-refractivity contribution in [1.82, 2.24) is 0 Å². The molecule has 170 valence electrons. The summed E-state index contributed by atoms with van der Waals surface area (Å²) >= 11 is 0. The van der Waals surface area contributed by atoms with E-state index in [1.165, 1.54) is 0 Å². The first-order valence-corrected chi connectivity index (χ1v) is 12.1. The highest BCUT2D eigenvalue weighted by Crippen LogP contribution is 2.44. The zero-order valence-electron chi connectivity index (χ0n) is 20.8. The topological polar surface area (TPSA) is 34.6 Å². The van der Waals surface area contributed by atoms with Crippen LogP contribution >= 0.6 is 0 Å². The summed E-state index contributed by atoms with van der Waals surface area (Å²) in [5.74, 6) is 0. The Morgan fingerprint density at radius 2 is 1.41 bits per heavy atom.